The van der Waals surface area contributed by atoms with Gasteiger partial charge in [-0.1, -0.05) is 40.2 Å². The van der Waals surface area contributed by atoms with E-state index in [-0.39, 0.29) is 6.10 Å². The molecule has 158 valence electrons. The molecular weight excluding hydrogens is 422 g/mol. The molecule has 5 rings (SSSR count). The lowest BCUT2D eigenvalue weighted by molar-refractivity contribution is -0.00112. The summed E-state index contributed by atoms with van der Waals surface area (Å²) in [4.78, 5) is 4.50. The number of hydrogen-bond donors (Lipinski definition) is 0. The van der Waals surface area contributed by atoms with Crippen LogP contribution in [0.5, 0.6) is 11.5 Å². The standard InChI is InChI=1S/C21H18ClN5O4/c1-28-16-5-3-4-14(19(16)29-2)21-23-20(25-31-21)18-15-11-30-17(10-27(15)26-24-18)12-6-8-13(22)9-7-12/h3-9,17H,10-11H2,1-2H3/t17-/m1/s1. The number of para-hydroxylation sites is 1. The quantitative estimate of drug-likeness (QED) is 0.461. The second-order valence-electron chi connectivity index (χ2n) is 6.88. The summed E-state index contributed by atoms with van der Waals surface area (Å²) in [6.45, 7) is 0.848. The zero-order valence-electron chi connectivity index (χ0n) is 16.8. The molecule has 0 aliphatic carbocycles. The van der Waals surface area contributed by atoms with Gasteiger partial charge in [-0.2, -0.15) is 4.98 Å². The van der Waals surface area contributed by atoms with E-state index in [1.54, 1.807) is 25.0 Å². The third-order valence-electron chi connectivity index (χ3n) is 5.11. The van der Waals surface area contributed by atoms with Crippen LogP contribution < -0.4 is 9.47 Å². The Balaban J connectivity index is 1.43. The Kier molecular flexibility index (Phi) is 5.05. The van der Waals surface area contributed by atoms with Crippen LogP contribution in [0.15, 0.2) is 47.0 Å². The van der Waals surface area contributed by atoms with Crippen molar-refractivity contribution in [1.29, 1.82) is 0 Å². The molecule has 0 bridgehead atoms. The predicted octanol–water partition coefficient (Wildman–Crippen LogP) is 3.94. The van der Waals surface area contributed by atoms with E-state index in [2.05, 4.69) is 20.5 Å². The zero-order chi connectivity index (χ0) is 21.4. The largest absolute Gasteiger partial charge is 0.493 e. The minimum absolute atomic E-state index is 0.138. The maximum Gasteiger partial charge on any atom is 0.262 e. The SMILES string of the molecule is COc1cccc(-c2nc(-c3nnn4c3CO[C@@H](c3ccc(Cl)cc3)C4)no2)c1OC. The molecule has 0 radical (unpaired) electrons. The molecule has 0 spiro atoms. The first-order valence-electron chi connectivity index (χ1n) is 9.52. The molecule has 0 amide bonds. The third-order valence-corrected chi connectivity index (χ3v) is 5.36. The van der Waals surface area contributed by atoms with Gasteiger partial charge in [0.15, 0.2) is 17.2 Å². The van der Waals surface area contributed by atoms with Crippen LogP contribution in [0.4, 0.5) is 0 Å². The molecule has 0 saturated carbocycles. The summed E-state index contributed by atoms with van der Waals surface area (Å²) in [6, 6.07) is 13.0. The number of rotatable bonds is 5. The summed E-state index contributed by atoms with van der Waals surface area (Å²) in [5.74, 6) is 1.71. The van der Waals surface area contributed by atoms with Crippen LogP contribution in [0.3, 0.4) is 0 Å². The van der Waals surface area contributed by atoms with Crippen molar-refractivity contribution in [2.75, 3.05) is 14.2 Å². The molecule has 4 aromatic rings. The molecule has 0 saturated heterocycles. The van der Waals surface area contributed by atoms with Crippen LogP contribution in [-0.4, -0.2) is 39.4 Å². The lowest BCUT2D eigenvalue weighted by atomic mass is 10.1. The molecule has 1 atom stereocenters. The fraction of sp³-hybridized carbons (Fsp3) is 0.238. The highest BCUT2D eigenvalue weighted by Crippen LogP contribution is 2.38. The second kappa shape index (κ2) is 8.01. The van der Waals surface area contributed by atoms with E-state index in [1.165, 1.54) is 0 Å². The van der Waals surface area contributed by atoms with E-state index in [4.69, 9.17) is 30.3 Å². The number of nitrogens with zero attached hydrogens (tertiary/aromatic N) is 5. The van der Waals surface area contributed by atoms with Gasteiger partial charge in [0.2, 0.25) is 5.82 Å². The smallest absolute Gasteiger partial charge is 0.262 e. The van der Waals surface area contributed by atoms with Gasteiger partial charge in [-0.15, -0.1) is 5.10 Å². The number of aromatic nitrogens is 5. The molecule has 2 aromatic carbocycles. The Bertz CT molecular complexity index is 1220. The molecule has 0 unspecified atom stereocenters. The first kappa shape index (κ1) is 19.5. The second-order valence-corrected chi connectivity index (χ2v) is 7.32. The minimum Gasteiger partial charge on any atom is -0.493 e. The van der Waals surface area contributed by atoms with Gasteiger partial charge >= 0.3 is 0 Å². The van der Waals surface area contributed by atoms with Crippen molar-refractivity contribution in [3.05, 3.63) is 58.7 Å². The number of methoxy groups -OCH3 is 2. The Morgan fingerprint density at radius 2 is 1.94 bits per heavy atom. The van der Waals surface area contributed by atoms with E-state index in [0.29, 0.717) is 52.6 Å². The molecular formula is C21H18ClN5O4. The molecule has 31 heavy (non-hydrogen) atoms. The molecule has 1 aliphatic heterocycles. The Hall–Kier alpha value is -3.43. The lowest BCUT2D eigenvalue weighted by Gasteiger charge is -2.24. The molecule has 1 aliphatic rings. The van der Waals surface area contributed by atoms with Crippen LogP contribution in [0.1, 0.15) is 17.4 Å². The fourth-order valence-electron chi connectivity index (χ4n) is 3.55. The van der Waals surface area contributed by atoms with Crippen LogP contribution in [0, 0.1) is 0 Å². The number of hydrogen-bond acceptors (Lipinski definition) is 8. The summed E-state index contributed by atoms with van der Waals surface area (Å²) in [6.07, 6.45) is -0.138. The number of fused-ring (bicyclic) bond motifs is 1. The van der Waals surface area contributed by atoms with E-state index in [9.17, 15) is 0 Å². The first-order chi connectivity index (χ1) is 15.2. The highest BCUT2D eigenvalue weighted by Gasteiger charge is 2.28. The van der Waals surface area contributed by atoms with E-state index >= 15 is 0 Å². The van der Waals surface area contributed by atoms with E-state index < -0.39 is 0 Å². The molecule has 0 N–H and O–H groups in total. The van der Waals surface area contributed by atoms with Gasteiger partial charge in [-0.25, -0.2) is 4.68 Å². The third kappa shape index (κ3) is 3.51. The normalized spacial score (nSPS) is 15.5. The molecule has 9 nitrogen and oxygen atoms in total. The first-order valence-corrected chi connectivity index (χ1v) is 9.90. The topological polar surface area (TPSA) is 97.3 Å². The van der Waals surface area contributed by atoms with E-state index in [1.807, 2.05) is 36.4 Å². The monoisotopic (exact) mass is 439 g/mol. The van der Waals surface area contributed by atoms with Gasteiger partial charge in [0.25, 0.3) is 5.89 Å². The average molecular weight is 440 g/mol. The number of ether oxygens (including phenoxy) is 3. The summed E-state index contributed by atoms with van der Waals surface area (Å²) in [7, 11) is 3.13. The van der Waals surface area contributed by atoms with Crippen molar-refractivity contribution in [3.63, 3.8) is 0 Å². The molecule has 3 heterocycles. The summed E-state index contributed by atoms with van der Waals surface area (Å²) in [5.41, 5.74) is 2.96. The lowest BCUT2D eigenvalue weighted by Crippen LogP contribution is -2.22. The highest BCUT2D eigenvalue weighted by molar-refractivity contribution is 6.30. The summed E-state index contributed by atoms with van der Waals surface area (Å²) < 4.78 is 24.1. The van der Waals surface area contributed by atoms with Gasteiger partial charge in [0.05, 0.1) is 38.6 Å². The van der Waals surface area contributed by atoms with Crippen LogP contribution in [0.25, 0.3) is 23.0 Å². The Morgan fingerprint density at radius 1 is 1.10 bits per heavy atom. The summed E-state index contributed by atoms with van der Waals surface area (Å²) >= 11 is 5.98. The minimum atomic E-state index is -0.138. The Labute approximate surface area is 182 Å². The van der Waals surface area contributed by atoms with Crippen molar-refractivity contribution in [1.82, 2.24) is 25.1 Å². The van der Waals surface area contributed by atoms with Crippen molar-refractivity contribution < 1.29 is 18.7 Å². The van der Waals surface area contributed by atoms with Crippen molar-refractivity contribution in [2.24, 2.45) is 0 Å². The zero-order valence-corrected chi connectivity index (χ0v) is 17.5. The molecule has 2 aromatic heterocycles. The van der Waals surface area contributed by atoms with Gasteiger partial charge in [-0.3, -0.25) is 0 Å². The molecule has 0 fully saturated rings. The molecule has 10 heteroatoms. The van der Waals surface area contributed by atoms with E-state index in [0.717, 1.165) is 11.3 Å². The maximum absolute atomic E-state index is 6.04. The Morgan fingerprint density at radius 3 is 2.71 bits per heavy atom. The summed E-state index contributed by atoms with van der Waals surface area (Å²) in [5, 5.41) is 13.3. The van der Waals surface area contributed by atoms with Crippen LogP contribution >= 0.6 is 11.6 Å². The van der Waals surface area contributed by atoms with Gasteiger partial charge in [0, 0.05) is 5.02 Å². The van der Waals surface area contributed by atoms with Crippen molar-refractivity contribution >= 4 is 11.6 Å². The maximum atomic E-state index is 6.04. The van der Waals surface area contributed by atoms with Crippen molar-refractivity contribution in [2.45, 2.75) is 19.3 Å². The van der Waals surface area contributed by atoms with Gasteiger partial charge < -0.3 is 18.7 Å². The van der Waals surface area contributed by atoms with Gasteiger partial charge in [0.1, 0.15) is 6.10 Å². The average Bonchev–Trinajstić information content (AvgIpc) is 3.45. The predicted molar refractivity (Wildman–Crippen MR) is 111 cm³/mol. The fourth-order valence-corrected chi connectivity index (χ4v) is 3.67. The number of halogens is 1. The van der Waals surface area contributed by atoms with Crippen molar-refractivity contribution in [3.8, 4) is 34.5 Å². The van der Waals surface area contributed by atoms with Crippen LogP contribution in [0.2, 0.25) is 5.02 Å². The van der Waals surface area contributed by atoms with Gasteiger partial charge in [-0.05, 0) is 29.8 Å². The highest BCUT2D eigenvalue weighted by atomic mass is 35.5. The number of benzene rings is 2. The van der Waals surface area contributed by atoms with Crippen LogP contribution in [-0.2, 0) is 17.9 Å².